The fourth-order valence-electron chi connectivity index (χ4n) is 7.88. The lowest BCUT2D eigenvalue weighted by molar-refractivity contribution is -0.231. The molecule has 7 rings (SSSR count). The molecular weight excluding hydrogens is 474 g/mol. The molecule has 5 heteroatoms. The summed E-state index contributed by atoms with van der Waals surface area (Å²) in [4.78, 5) is 12.2. The van der Waals surface area contributed by atoms with E-state index in [4.69, 9.17) is 14.2 Å². The zero-order chi connectivity index (χ0) is 26.3. The van der Waals surface area contributed by atoms with Crippen molar-refractivity contribution in [2.45, 2.75) is 64.3 Å². The van der Waals surface area contributed by atoms with E-state index in [0.717, 1.165) is 40.0 Å². The van der Waals surface area contributed by atoms with Crippen LogP contribution in [-0.4, -0.2) is 32.6 Å². The monoisotopic (exact) mass is 513 g/mol. The number of rotatable bonds is 9. The summed E-state index contributed by atoms with van der Waals surface area (Å²) in [7, 11) is 1.63. The molecule has 0 aliphatic heterocycles. The summed E-state index contributed by atoms with van der Waals surface area (Å²) in [5.74, 6) is 3.38. The molecule has 1 amide bonds. The van der Waals surface area contributed by atoms with Crippen molar-refractivity contribution < 1.29 is 19.0 Å². The van der Waals surface area contributed by atoms with E-state index >= 15 is 0 Å². The quantitative estimate of drug-likeness (QED) is 0.311. The summed E-state index contributed by atoms with van der Waals surface area (Å²) in [6.45, 7) is 4.33. The van der Waals surface area contributed by atoms with Gasteiger partial charge >= 0.3 is 6.48 Å². The average molecular weight is 514 g/mol. The largest absolute Gasteiger partial charge is 0.441 e. The molecule has 3 aromatic rings. The van der Waals surface area contributed by atoms with Crippen molar-refractivity contribution in [3.8, 4) is 16.9 Å². The highest BCUT2D eigenvalue weighted by Crippen LogP contribution is 2.62. The molecule has 0 aromatic heterocycles. The molecule has 4 saturated carbocycles. The van der Waals surface area contributed by atoms with E-state index in [1.807, 2.05) is 38.1 Å². The van der Waals surface area contributed by atoms with Gasteiger partial charge in [0.2, 0.25) is 0 Å². The highest BCUT2D eigenvalue weighted by Gasteiger charge is 2.52. The molecule has 1 unspecified atom stereocenters. The first-order valence-electron chi connectivity index (χ1n) is 14.3. The number of hydrogen-bond acceptors (Lipinski definition) is 4. The molecule has 4 fully saturated rings. The predicted molar refractivity (Wildman–Crippen MR) is 150 cm³/mol. The molecule has 0 spiro atoms. The Hall–Kier alpha value is -2.89. The Kier molecular flexibility index (Phi) is 6.92. The summed E-state index contributed by atoms with van der Waals surface area (Å²) >= 11 is 0. The van der Waals surface area contributed by atoms with Crippen molar-refractivity contribution in [1.29, 1.82) is 0 Å². The second-order valence-electron chi connectivity index (χ2n) is 11.6. The van der Waals surface area contributed by atoms with E-state index < -0.39 is 6.48 Å². The standard InChI is InChI=1S/C33H39NO4/c1-4-34-31(35)25-8-6-24(7-9-25)26-10-11-27-17-30(38-32(36-3)37-5-2)29(16-28(27)15-26)33-18-21-12-22(19-33)14-23(13-21)20-33/h6-11,15-17,21-23,32H,4-5,12-14,18-20H2,1-3H3,(H,34,35). The van der Waals surface area contributed by atoms with E-state index in [9.17, 15) is 4.79 Å². The van der Waals surface area contributed by atoms with Crippen LogP contribution < -0.4 is 10.1 Å². The van der Waals surface area contributed by atoms with Gasteiger partial charge in [-0.25, -0.2) is 0 Å². The third-order valence-corrected chi connectivity index (χ3v) is 9.08. The van der Waals surface area contributed by atoms with Crippen LogP contribution in [0.2, 0.25) is 0 Å². The van der Waals surface area contributed by atoms with Crippen LogP contribution in [0.1, 0.15) is 68.3 Å². The smallest absolute Gasteiger partial charge is 0.315 e. The van der Waals surface area contributed by atoms with Gasteiger partial charge in [-0.05, 0) is 128 Å². The Labute approximate surface area is 225 Å². The van der Waals surface area contributed by atoms with Crippen LogP contribution >= 0.6 is 0 Å². The SMILES string of the molecule is CCNC(=O)c1ccc(-c2ccc3cc(OC(OC)OCC)c(C45CC6CC(CC(C6)C4)C5)cc3c2)cc1. The molecule has 0 radical (unpaired) electrons. The van der Waals surface area contributed by atoms with Crippen molar-refractivity contribution in [2.24, 2.45) is 17.8 Å². The molecule has 4 aliphatic rings. The maximum Gasteiger partial charge on any atom is 0.315 e. The van der Waals surface area contributed by atoms with E-state index in [-0.39, 0.29) is 11.3 Å². The van der Waals surface area contributed by atoms with Gasteiger partial charge < -0.3 is 19.5 Å². The Morgan fingerprint density at radius 2 is 1.55 bits per heavy atom. The first kappa shape index (κ1) is 25.4. The van der Waals surface area contributed by atoms with Gasteiger partial charge in [-0.3, -0.25) is 4.79 Å². The minimum absolute atomic E-state index is 0.0354. The van der Waals surface area contributed by atoms with Crippen molar-refractivity contribution in [3.63, 3.8) is 0 Å². The van der Waals surface area contributed by atoms with Gasteiger partial charge in [0.1, 0.15) is 5.75 Å². The number of fused-ring (bicyclic) bond motifs is 1. The molecule has 38 heavy (non-hydrogen) atoms. The molecule has 1 N–H and O–H groups in total. The lowest BCUT2D eigenvalue weighted by Crippen LogP contribution is -2.48. The molecule has 1 atom stereocenters. The topological polar surface area (TPSA) is 56.8 Å². The van der Waals surface area contributed by atoms with Gasteiger partial charge in [0.25, 0.3) is 5.91 Å². The number of benzene rings is 3. The molecule has 0 heterocycles. The van der Waals surface area contributed by atoms with Crippen molar-refractivity contribution >= 4 is 16.7 Å². The second-order valence-corrected chi connectivity index (χ2v) is 11.6. The van der Waals surface area contributed by atoms with E-state index in [2.05, 4.69) is 35.6 Å². The molecule has 5 nitrogen and oxygen atoms in total. The number of methoxy groups -OCH3 is 1. The van der Waals surface area contributed by atoms with Crippen molar-refractivity contribution in [3.05, 3.63) is 65.7 Å². The lowest BCUT2D eigenvalue weighted by Gasteiger charge is -2.57. The highest BCUT2D eigenvalue weighted by molar-refractivity contribution is 5.95. The molecule has 200 valence electrons. The maximum atomic E-state index is 12.2. The number of nitrogens with one attached hydrogen (secondary N) is 1. The van der Waals surface area contributed by atoms with E-state index in [0.29, 0.717) is 18.7 Å². The molecule has 3 aromatic carbocycles. The summed E-state index contributed by atoms with van der Waals surface area (Å²) in [5, 5.41) is 5.23. The van der Waals surface area contributed by atoms with Gasteiger partial charge in [0, 0.05) is 24.8 Å². The van der Waals surface area contributed by atoms with Crippen LogP contribution in [0.3, 0.4) is 0 Å². The Balaban J connectivity index is 1.40. The minimum atomic E-state index is -0.715. The number of carbonyl (C=O) groups is 1. The summed E-state index contributed by atoms with van der Waals surface area (Å²) in [5.41, 5.74) is 4.44. The first-order valence-corrected chi connectivity index (χ1v) is 14.3. The Morgan fingerprint density at radius 3 is 2.16 bits per heavy atom. The molecule has 4 bridgehead atoms. The Bertz CT molecular complexity index is 1280. The second kappa shape index (κ2) is 10.3. The third-order valence-electron chi connectivity index (χ3n) is 9.08. The van der Waals surface area contributed by atoms with Crippen LogP contribution in [0.15, 0.2) is 54.6 Å². The van der Waals surface area contributed by atoms with Crippen LogP contribution in [0, 0.1) is 17.8 Å². The maximum absolute atomic E-state index is 12.2. The van der Waals surface area contributed by atoms with Crippen LogP contribution in [0.5, 0.6) is 5.75 Å². The highest BCUT2D eigenvalue weighted by atomic mass is 16.8. The zero-order valence-electron chi connectivity index (χ0n) is 22.8. The normalized spacial score (nSPS) is 26.4. The lowest BCUT2D eigenvalue weighted by atomic mass is 9.48. The van der Waals surface area contributed by atoms with Crippen LogP contribution in [0.4, 0.5) is 0 Å². The zero-order valence-corrected chi connectivity index (χ0v) is 22.8. The van der Waals surface area contributed by atoms with Crippen LogP contribution in [0.25, 0.3) is 21.9 Å². The van der Waals surface area contributed by atoms with E-state index in [1.54, 1.807) is 7.11 Å². The van der Waals surface area contributed by atoms with Gasteiger partial charge in [-0.1, -0.05) is 24.3 Å². The molecule has 0 saturated heterocycles. The van der Waals surface area contributed by atoms with Gasteiger partial charge in [0.15, 0.2) is 0 Å². The van der Waals surface area contributed by atoms with E-state index in [1.165, 1.54) is 49.5 Å². The summed E-state index contributed by atoms with van der Waals surface area (Å²) in [6.07, 6.45) is 7.98. The van der Waals surface area contributed by atoms with Crippen LogP contribution in [-0.2, 0) is 14.9 Å². The molecule has 4 aliphatic carbocycles. The average Bonchev–Trinajstić information content (AvgIpc) is 2.91. The van der Waals surface area contributed by atoms with Crippen molar-refractivity contribution in [2.75, 3.05) is 20.3 Å². The summed E-state index contributed by atoms with van der Waals surface area (Å²) in [6, 6.07) is 19.1. The van der Waals surface area contributed by atoms with Crippen molar-refractivity contribution in [1.82, 2.24) is 5.32 Å². The number of hydrogen-bond donors (Lipinski definition) is 1. The fraction of sp³-hybridized carbons (Fsp3) is 0.485. The third kappa shape index (κ3) is 4.71. The molecular formula is C33H39NO4. The van der Waals surface area contributed by atoms with Gasteiger partial charge in [0.05, 0.1) is 6.61 Å². The van der Waals surface area contributed by atoms with Gasteiger partial charge in [-0.15, -0.1) is 0 Å². The number of amides is 1. The summed E-state index contributed by atoms with van der Waals surface area (Å²) < 4.78 is 17.7. The Morgan fingerprint density at radius 1 is 0.895 bits per heavy atom. The fourth-order valence-corrected chi connectivity index (χ4v) is 7.88. The predicted octanol–water partition coefficient (Wildman–Crippen LogP) is 7.07. The minimum Gasteiger partial charge on any atom is -0.441 e. The number of ether oxygens (including phenoxy) is 3. The van der Waals surface area contributed by atoms with Gasteiger partial charge in [-0.2, -0.15) is 0 Å². The first-order chi connectivity index (χ1) is 18.5. The number of carbonyl (C=O) groups excluding carboxylic acids is 1.